The van der Waals surface area contributed by atoms with Crippen LogP contribution in [-0.2, 0) is 0 Å². The number of aliphatic hydroxyl groups is 2. The van der Waals surface area contributed by atoms with Gasteiger partial charge in [0.25, 0.3) is 0 Å². The predicted octanol–water partition coefficient (Wildman–Crippen LogP) is -0.524. The summed E-state index contributed by atoms with van der Waals surface area (Å²) < 4.78 is 1.57. The van der Waals surface area contributed by atoms with E-state index in [9.17, 15) is 5.11 Å². The maximum Gasteiger partial charge on any atom is 0.241 e. The summed E-state index contributed by atoms with van der Waals surface area (Å²) in [6.07, 6.45) is 3.88. The lowest BCUT2D eigenvalue weighted by atomic mass is 10.4. The molecule has 8 nitrogen and oxygen atoms in total. The molecule has 2 heterocycles. The van der Waals surface area contributed by atoms with Crippen LogP contribution in [0, 0.1) is 0 Å². The second kappa shape index (κ2) is 5.71. The Labute approximate surface area is 107 Å². The molecule has 1 atom stereocenters. The van der Waals surface area contributed by atoms with E-state index < -0.39 is 6.10 Å². The van der Waals surface area contributed by atoms with Crippen LogP contribution < -0.4 is 5.32 Å². The lowest BCUT2D eigenvalue weighted by Gasteiger charge is -2.09. The third-order valence-corrected chi connectivity index (χ3v) is 2.21. The Morgan fingerprint density at radius 2 is 2.22 bits per heavy atom. The molecule has 0 aromatic carbocycles. The van der Waals surface area contributed by atoms with Crippen LogP contribution in [0.4, 0.5) is 5.95 Å². The Morgan fingerprint density at radius 1 is 1.39 bits per heavy atom. The van der Waals surface area contributed by atoms with Gasteiger partial charge in [0.05, 0.1) is 12.7 Å². The molecule has 18 heavy (non-hydrogen) atoms. The van der Waals surface area contributed by atoms with Gasteiger partial charge in [0.2, 0.25) is 17.2 Å². The van der Waals surface area contributed by atoms with Crippen molar-refractivity contribution in [1.82, 2.24) is 24.5 Å². The second-order valence-corrected chi connectivity index (χ2v) is 3.75. The number of aliphatic hydroxyl groups excluding tert-OH is 2. The largest absolute Gasteiger partial charge is 0.394 e. The summed E-state index contributed by atoms with van der Waals surface area (Å²) in [5, 5.41) is 20.7. The third-order valence-electron chi connectivity index (χ3n) is 2.04. The number of anilines is 1. The van der Waals surface area contributed by atoms with Crippen molar-refractivity contribution in [2.45, 2.75) is 6.10 Å². The van der Waals surface area contributed by atoms with E-state index in [0.717, 1.165) is 0 Å². The van der Waals surface area contributed by atoms with Gasteiger partial charge >= 0.3 is 0 Å². The Balaban J connectivity index is 2.17. The van der Waals surface area contributed by atoms with Crippen LogP contribution >= 0.6 is 11.6 Å². The number of hydrogen-bond acceptors (Lipinski definition) is 7. The first-order valence-corrected chi connectivity index (χ1v) is 5.49. The minimum absolute atomic E-state index is 0.0229. The van der Waals surface area contributed by atoms with Crippen molar-refractivity contribution in [3.63, 3.8) is 0 Å². The average molecular weight is 271 g/mol. The summed E-state index contributed by atoms with van der Waals surface area (Å²) in [5.74, 6) is 0.527. The van der Waals surface area contributed by atoms with E-state index in [0.29, 0.717) is 5.95 Å². The molecule has 0 aliphatic carbocycles. The highest BCUT2D eigenvalue weighted by atomic mass is 35.5. The van der Waals surface area contributed by atoms with Crippen LogP contribution in [0.15, 0.2) is 18.7 Å². The fraction of sp³-hybridized carbons (Fsp3) is 0.333. The van der Waals surface area contributed by atoms with Gasteiger partial charge in [-0.2, -0.15) is 15.0 Å². The van der Waals surface area contributed by atoms with E-state index in [4.69, 9.17) is 16.7 Å². The maximum atomic E-state index is 9.21. The molecule has 2 aromatic heterocycles. The quantitative estimate of drug-likeness (QED) is 0.670. The van der Waals surface area contributed by atoms with Crippen LogP contribution in [0.5, 0.6) is 0 Å². The zero-order valence-electron chi connectivity index (χ0n) is 9.23. The van der Waals surface area contributed by atoms with E-state index in [1.165, 1.54) is 6.33 Å². The topological polar surface area (TPSA) is 109 Å². The van der Waals surface area contributed by atoms with Crippen molar-refractivity contribution in [3.8, 4) is 5.95 Å². The highest BCUT2D eigenvalue weighted by Gasteiger charge is 2.08. The number of halogens is 1. The van der Waals surface area contributed by atoms with Gasteiger partial charge < -0.3 is 15.5 Å². The fourth-order valence-corrected chi connectivity index (χ4v) is 1.34. The Morgan fingerprint density at radius 3 is 2.89 bits per heavy atom. The summed E-state index contributed by atoms with van der Waals surface area (Å²) >= 11 is 5.77. The highest BCUT2D eigenvalue weighted by molar-refractivity contribution is 6.28. The van der Waals surface area contributed by atoms with Gasteiger partial charge in [-0.3, -0.25) is 4.57 Å². The lowest BCUT2D eigenvalue weighted by Crippen LogP contribution is -2.24. The van der Waals surface area contributed by atoms with Gasteiger partial charge in [-0.15, -0.1) is 0 Å². The van der Waals surface area contributed by atoms with Crippen molar-refractivity contribution >= 4 is 17.5 Å². The van der Waals surface area contributed by atoms with Crippen LogP contribution in [-0.4, -0.2) is 54.0 Å². The summed E-state index contributed by atoms with van der Waals surface area (Å²) in [4.78, 5) is 15.8. The highest BCUT2D eigenvalue weighted by Crippen LogP contribution is 2.09. The van der Waals surface area contributed by atoms with Crippen molar-refractivity contribution in [2.24, 2.45) is 0 Å². The molecule has 0 fully saturated rings. The van der Waals surface area contributed by atoms with E-state index in [2.05, 4.69) is 25.3 Å². The molecule has 0 saturated heterocycles. The van der Waals surface area contributed by atoms with Crippen molar-refractivity contribution in [1.29, 1.82) is 0 Å². The van der Waals surface area contributed by atoms with Crippen molar-refractivity contribution in [3.05, 3.63) is 24.0 Å². The summed E-state index contributed by atoms with van der Waals surface area (Å²) in [5.41, 5.74) is 0. The molecule has 0 radical (unpaired) electrons. The minimum Gasteiger partial charge on any atom is -0.394 e. The lowest BCUT2D eigenvalue weighted by molar-refractivity contribution is 0.105. The van der Waals surface area contributed by atoms with Crippen LogP contribution in [0.2, 0.25) is 5.28 Å². The Kier molecular flexibility index (Phi) is 4.03. The van der Waals surface area contributed by atoms with Gasteiger partial charge in [-0.1, -0.05) is 0 Å². The summed E-state index contributed by atoms with van der Waals surface area (Å²) in [6.45, 7) is -0.236. The molecule has 0 spiro atoms. The minimum atomic E-state index is -0.891. The molecule has 2 rings (SSSR count). The van der Waals surface area contributed by atoms with Crippen molar-refractivity contribution < 1.29 is 10.2 Å². The molecule has 0 amide bonds. The fourth-order valence-electron chi connectivity index (χ4n) is 1.19. The van der Waals surface area contributed by atoms with E-state index in [-0.39, 0.29) is 24.4 Å². The van der Waals surface area contributed by atoms with Gasteiger partial charge in [0, 0.05) is 18.9 Å². The average Bonchev–Trinajstić information content (AvgIpc) is 2.89. The van der Waals surface area contributed by atoms with Gasteiger partial charge in [-0.05, 0) is 11.6 Å². The first-order chi connectivity index (χ1) is 8.69. The molecule has 0 saturated carbocycles. The smallest absolute Gasteiger partial charge is 0.241 e. The van der Waals surface area contributed by atoms with Gasteiger partial charge in [-0.25, -0.2) is 4.98 Å². The van der Waals surface area contributed by atoms with Crippen LogP contribution in [0.1, 0.15) is 0 Å². The number of rotatable bonds is 5. The predicted molar refractivity (Wildman–Crippen MR) is 63.5 cm³/mol. The molecule has 0 aliphatic heterocycles. The normalized spacial score (nSPS) is 12.4. The number of nitrogens with zero attached hydrogens (tertiary/aromatic N) is 5. The van der Waals surface area contributed by atoms with E-state index >= 15 is 0 Å². The Bertz CT molecular complexity index is 506. The number of hydrogen-bond donors (Lipinski definition) is 3. The van der Waals surface area contributed by atoms with Gasteiger partial charge in [0.15, 0.2) is 0 Å². The van der Waals surface area contributed by atoms with Gasteiger partial charge in [0.1, 0.15) is 6.33 Å². The molecular formula is C9H11ClN6O2. The zero-order valence-corrected chi connectivity index (χ0v) is 9.99. The van der Waals surface area contributed by atoms with Crippen LogP contribution in [0.3, 0.4) is 0 Å². The Hall–Kier alpha value is -1.77. The third kappa shape index (κ3) is 3.13. The summed E-state index contributed by atoms with van der Waals surface area (Å²) in [6, 6.07) is 0. The first-order valence-electron chi connectivity index (χ1n) is 5.11. The molecule has 1 unspecified atom stereocenters. The maximum absolute atomic E-state index is 9.21. The molecule has 0 aliphatic rings. The molecule has 2 aromatic rings. The molecular weight excluding hydrogens is 260 g/mol. The first kappa shape index (κ1) is 12.7. The molecule has 96 valence electrons. The molecule has 9 heteroatoms. The molecule has 0 bridgehead atoms. The van der Waals surface area contributed by atoms with Crippen LogP contribution in [0.25, 0.3) is 5.95 Å². The second-order valence-electron chi connectivity index (χ2n) is 3.42. The van der Waals surface area contributed by atoms with Crippen molar-refractivity contribution in [2.75, 3.05) is 18.5 Å². The molecule has 3 N–H and O–H groups in total. The zero-order chi connectivity index (χ0) is 13.0. The van der Waals surface area contributed by atoms with E-state index in [1.54, 1.807) is 17.0 Å². The monoisotopic (exact) mass is 270 g/mol. The standard InChI is InChI=1S/C9H11ClN6O2/c10-7-13-8(12-3-6(18)4-17)15-9(14-7)16-2-1-11-5-16/h1-2,5-6,17-18H,3-4H2,(H,12,13,14,15). The number of aromatic nitrogens is 5. The SMILES string of the molecule is OCC(O)CNc1nc(Cl)nc(-n2ccnc2)n1. The summed E-state index contributed by atoms with van der Waals surface area (Å²) in [7, 11) is 0. The van der Waals surface area contributed by atoms with E-state index in [1.807, 2.05) is 0 Å². The number of imidazole rings is 1. The number of nitrogens with one attached hydrogen (secondary N) is 1.